The van der Waals surface area contributed by atoms with Crippen molar-refractivity contribution in [3.8, 4) is 11.5 Å². The Bertz CT molecular complexity index is 496. The number of carboxylic acids is 1. The Labute approximate surface area is 117 Å². The molecule has 0 unspecified atom stereocenters. The summed E-state index contributed by atoms with van der Waals surface area (Å²) in [5.74, 6) is -0.747. The molecule has 110 valence electrons. The van der Waals surface area contributed by atoms with E-state index in [4.69, 9.17) is 24.1 Å². The summed E-state index contributed by atoms with van der Waals surface area (Å²) in [7, 11) is 1.46. The van der Waals surface area contributed by atoms with Crippen LogP contribution in [0.25, 0.3) is 0 Å². The van der Waals surface area contributed by atoms with Crippen molar-refractivity contribution in [1.29, 1.82) is 0 Å². The molecular formula is C14H18O6. The van der Waals surface area contributed by atoms with Crippen LogP contribution in [-0.2, 0) is 9.47 Å². The van der Waals surface area contributed by atoms with Gasteiger partial charge in [0.25, 0.3) is 0 Å². The topological polar surface area (TPSA) is 74.2 Å². The molecule has 1 N–H and O–H groups in total. The average Bonchev–Trinajstić information content (AvgIpc) is 2.75. The van der Waals surface area contributed by atoms with Gasteiger partial charge in [0.2, 0.25) is 0 Å². The van der Waals surface area contributed by atoms with Gasteiger partial charge in [-0.05, 0) is 32.0 Å². The lowest BCUT2D eigenvalue weighted by Crippen LogP contribution is -2.25. The summed E-state index contributed by atoms with van der Waals surface area (Å²) < 4.78 is 21.8. The smallest absolute Gasteiger partial charge is 0.335 e. The summed E-state index contributed by atoms with van der Waals surface area (Å²) in [4.78, 5) is 10.9. The summed E-state index contributed by atoms with van der Waals surface area (Å²) in [6, 6.07) is 4.47. The zero-order chi connectivity index (χ0) is 14.8. The molecule has 20 heavy (non-hydrogen) atoms. The number of hydrogen-bond donors (Lipinski definition) is 1. The Morgan fingerprint density at radius 1 is 1.45 bits per heavy atom. The predicted octanol–water partition coefficient (Wildman–Crippen LogP) is 1.92. The Morgan fingerprint density at radius 3 is 2.75 bits per heavy atom. The second kappa shape index (κ2) is 5.68. The molecule has 0 saturated carbocycles. The van der Waals surface area contributed by atoms with E-state index in [1.807, 2.05) is 13.8 Å². The van der Waals surface area contributed by atoms with E-state index in [9.17, 15) is 4.79 Å². The maximum absolute atomic E-state index is 10.9. The summed E-state index contributed by atoms with van der Waals surface area (Å²) in [6.07, 6.45) is -0.158. The van der Waals surface area contributed by atoms with Crippen LogP contribution in [0, 0.1) is 0 Å². The average molecular weight is 282 g/mol. The zero-order valence-corrected chi connectivity index (χ0v) is 11.7. The van der Waals surface area contributed by atoms with Crippen LogP contribution >= 0.6 is 0 Å². The minimum absolute atomic E-state index is 0.149. The van der Waals surface area contributed by atoms with Crippen molar-refractivity contribution in [3.63, 3.8) is 0 Å². The number of rotatable bonds is 5. The van der Waals surface area contributed by atoms with Crippen molar-refractivity contribution >= 4 is 5.97 Å². The van der Waals surface area contributed by atoms with Crippen LogP contribution in [0.2, 0.25) is 0 Å². The standard InChI is InChI=1S/C14H18O6/c1-14(2)19-8-10(20-14)7-18-11-5-4-9(13(15)16)6-12(11)17-3/h4-6,10H,7-8H2,1-3H3,(H,15,16)/t10-/m1/s1. The molecule has 0 bridgehead atoms. The highest BCUT2D eigenvalue weighted by Gasteiger charge is 2.33. The minimum Gasteiger partial charge on any atom is -0.493 e. The van der Waals surface area contributed by atoms with Crippen LogP contribution in [0.5, 0.6) is 11.5 Å². The minimum atomic E-state index is -1.01. The lowest BCUT2D eigenvalue weighted by molar-refractivity contribution is -0.141. The Morgan fingerprint density at radius 2 is 2.20 bits per heavy atom. The van der Waals surface area contributed by atoms with Gasteiger partial charge in [0.15, 0.2) is 17.3 Å². The molecular weight excluding hydrogens is 264 g/mol. The van der Waals surface area contributed by atoms with Crippen molar-refractivity contribution < 1.29 is 28.8 Å². The summed E-state index contributed by atoms with van der Waals surface area (Å²) >= 11 is 0. The van der Waals surface area contributed by atoms with Crippen LogP contribution in [-0.4, -0.2) is 43.3 Å². The van der Waals surface area contributed by atoms with Gasteiger partial charge in [-0.25, -0.2) is 4.79 Å². The van der Waals surface area contributed by atoms with Gasteiger partial charge in [0.1, 0.15) is 12.7 Å². The van der Waals surface area contributed by atoms with Crippen LogP contribution in [0.1, 0.15) is 24.2 Å². The van der Waals surface area contributed by atoms with E-state index in [-0.39, 0.29) is 11.7 Å². The number of hydrogen-bond acceptors (Lipinski definition) is 5. The second-order valence-electron chi connectivity index (χ2n) is 4.93. The molecule has 0 amide bonds. The molecule has 1 atom stereocenters. The molecule has 2 rings (SSSR count). The maximum Gasteiger partial charge on any atom is 0.335 e. The van der Waals surface area contributed by atoms with Gasteiger partial charge < -0.3 is 24.1 Å². The van der Waals surface area contributed by atoms with E-state index < -0.39 is 11.8 Å². The van der Waals surface area contributed by atoms with E-state index in [2.05, 4.69) is 0 Å². The third-order valence-electron chi connectivity index (χ3n) is 2.90. The first kappa shape index (κ1) is 14.6. The molecule has 1 aliphatic heterocycles. The lowest BCUT2D eigenvalue weighted by atomic mass is 10.2. The normalized spacial score (nSPS) is 20.6. The Balaban J connectivity index is 2.01. The third-order valence-corrected chi connectivity index (χ3v) is 2.90. The summed E-state index contributed by atoms with van der Waals surface area (Å²) in [6.45, 7) is 4.46. The molecule has 0 aromatic heterocycles. The number of methoxy groups -OCH3 is 1. The molecule has 1 aromatic carbocycles. The van der Waals surface area contributed by atoms with Crippen molar-refractivity contribution in [2.45, 2.75) is 25.7 Å². The first-order chi connectivity index (χ1) is 9.41. The van der Waals surface area contributed by atoms with Crippen LogP contribution in [0.15, 0.2) is 18.2 Å². The predicted molar refractivity (Wildman–Crippen MR) is 70.4 cm³/mol. The largest absolute Gasteiger partial charge is 0.493 e. The van der Waals surface area contributed by atoms with Gasteiger partial charge in [-0.2, -0.15) is 0 Å². The van der Waals surface area contributed by atoms with E-state index >= 15 is 0 Å². The molecule has 1 saturated heterocycles. The van der Waals surface area contributed by atoms with Crippen molar-refractivity contribution in [1.82, 2.24) is 0 Å². The van der Waals surface area contributed by atoms with Gasteiger partial charge in [-0.1, -0.05) is 0 Å². The summed E-state index contributed by atoms with van der Waals surface area (Å²) in [5.41, 5.74) is 0.149. The fraction of sp³-hybridized carbons (Fsp3) is 0.500. The molecule has 6 nitrogen and oxygen atoms in total. The quantitative estimate of drug-likeness (QED) is 0.889. The van der Waals surface area contributed by atoms with E-state index in [1.165, 1.54) is 19.2 Å². The number of benzene rings is 1. The number of carboxylic acid groups (broad SMARTS) is 1. The second-order valence-corrected chi connectivity index (χ2v) is 4.93. The third kappa shape index (κ3) is 3.40. The molecule has 0 radical (unpaired) electrons. The molecule has 0 spiro atoms. The first-order valence-electron chi connectivity index (χ1n) is 6.27. The van der Waals surface area contributed by atoms with Crippen molar-refractivity contribution in [2.24, 2.45) is 0 Å². The Hall–Kier alpha value is -1.79. The number of carbonyl (C=O) groups is 1. The van der Waals surface area contributed by atoms with E-state index in [1.54, 1.807) is 6.07 Å². The summed E-state index contributed by atoms with van der Waals surface area (Å²) in [5, 5.41) is 8.92. The monoisotopic (exact) mass is 282 g/mol. The van der Waals surface area contributed by atoms with Crippen LogP contribution < -0.4 is 9.47 Å². The van der Waals surface area contributed by atoms with Crippen molar-refractivity contribution in [3.05, 3.63) is 23.8 Å². The zero-order valence-electron chi connectivity index (χ0n) is 11.7. The van der Waals surface area contributed by atoms with E-state index in [0.717, 1.165) is 0 Å². The molecule has 1 fully saturated rings. The van der Waals surface area contributed by atoms with Gasteiger partial charge in [0, 0.05) is 0 Å². The lowest BCUT2D eigenvalue weighted by Gasteiger charge is -2.18. The highest BCUT2D eigenvalue weighted by atomic mass is 16.7. The molecule has 1 aliphatic rings. The molecule has 1 aromatic rings. The maximum atomic E-state index is 10.9. The fourth-order valence-electron chi connectivity index (χ4n) is 1.95. The molecule has 0 aliphatic carbocycles. The highest BCUT2D eigenvalue weighted by molar-refractivity contribution is 5.88. The van der Waals surface area contributed by atoms with Gasteiger partial charge >= 0.3 is 5.97 Å². The molecule has 6 heteroatoms. The Kier molecular flexibility index (Phi) is 4.15. The number of aromatic carboxylic acids is 1. The van der Waals surface area contributed by atoms with Gasteiger partial charge in [-0.3, -0.25) is 0 Å². The van der Waals surface area contributed by atoms with Gasteiger partial charge in [0.05, 0.1) is 19.3 Å². The van der Waals surface area contributed by atoms with Crippen molar-refractivity contribution in [2.75, 3.05) is 20.3 Å². The molecule has 1 heterocycles. The van der Waals surface area contributed by atoms with E-state index in [0.29, 0.717) is 24.7 Å². The highest BCUT2D eigenvalue weighted by Crippen LogP contribution is 2.29. The number of ether oxygens (including phenoxy) is 4. The van der Waals surface area contributed by atoms with Crippen LogP contribution in [0.4, 0.5) is 0 Å². The first-order valence-corrected chi connectivity index (χ1v) is 6.27. The van der Waals surface area contributed by atoms with Crippen LogP contribution in [0.3, 0.4) is 0 Å². The van der Waals surface area contributed by atoms with Gasteiger partial charge in [-0.15, -0.1) is 0 Å². The fourth-order valence-corrected chi connectivity index (χ4v) is 1.95. The SMILES string of the molecule is COc1cc(C(=O)O)ccc1OC[C@@H]1COC(C)(C)O1.